The molecule has 3 rings (SSSR count). The molecule has 5 nitrogen and oxygen atoms in total. The van der Waals surface area contributed by atoms with Crippen molar-refractivity contribution in [2.75, 3.05) is 6.54 Å². The Morgan fingerprint density at radius 2 is 2.22 bits per heavy atom. The smallest absolute Gasteiger partial charge is 0.280 e. The normalized spacial score (nSPS) is 18.1. The number of piperidine rings is 1. The quantitative estimate of drug-likeness (QED) is 0.942. The Labute approximate surface area is 133 Å². The Balaban J connectivity index is 1.70. The Hall–Kier alpha value is -2.37. The Kier molecular flexibility index (Phi) is 4.60. The van der Waals surface area contributed by atoms with E-state index in [1.807, 2.05) is 11.0 Å². The van der Waals surface area contributed by atoms with Gasteiger partial charge in [-0.1, -0.05) is 12.1 Å². The van der Waals surface area contributed by atoms with Crippen molar-refractivity contribution < 1.29 is 13.7 Å². The number of H-pyrrole nitrogens is 1. The molecule has 0 aliphatic carbocycles. The monoisotopic (exact) mass is 318 g/mol. The van der Waals surface area contributed by atoms with Crippen LogP contribution in [-0.2, 0) is 11.2 Å². The number of hydrogen-bond donors (Lipinski definition) is 1. The molecular weight excluding hydrogens is 299 g/mol. The van der Waals surface area contributed by atoms with Gasteiger partial charge in [-0.15, -0.1) is 0 Å². The standard InChI is InChI=1S/C17H19FN2O3/c18-13-5-3-4-12(10-13)15-6-1-2-9-20(15)17(22)8-7-14-11-16(21)19-23-14/h3-5,10-11,15H,1-2,6-9H2,(H,19,21)/t15-/m0/s1. The van der Waals surface area contributed by atoms with Gasteiger partial charge in [-0.25, -0.2) is 4.39 Å². The van der Waals surface area contributed by atoms with Crippen LogP contribution in [-0.4, -0.2) is 22.5 Å². The molecule has 1 aromatic carbocycles. The van der Waals surface area contributed by atoms with Crippen molar-refractivity contribution in [2.24, 2.45) is 0 Å². The SMILES string of the molecule is O=C(CCc1cc(=O)[nH]o1)N1CCCC[C@H]1c1cccc(F)c1. The average Bonchev–Trinajstić information content (AvgIpc) is 2.98. The molecule has 1 fully saturated rings. The van der Waals surface area contributed by atoms with Crippen molar-refractivity contribution in [3.8, 4) is 0 Å². The van der Waals surface area contributed by atoms with Gasteiger partial charge < -0.3 is 9.42 Å². The minimum atomic E-state index is -0.303. The highest BCUT2D eigenvalue weighted by Gasteiger charge is 2.28. The summed E-state index contributed by atoms with van der Waals surface area (Å²) >= 11 is 0. The van der Waals surface area contributed by atoms with Gasteiger partial charge in [0, 0.05) is 25.5 Å². The first kappa shape index (κ1) is 15.5. The number of aromatic amines is 1. The van der Waals surface area contributed by atoms with Gasteiger partial charge in [0.15, 0.2) is 0 Å². The summed E-state index contributed by atoms with van der Waals surface area (Å²) in [7, 11) is 0. The second-order valence-electron chi connectivity index (χ2n) is 5.83. The number of carbonyl (C=O) groups is 1. The van der Waals surface area contributed by atoms with Crippen LogP contribution in [0, 0.1) is 5.82 Å². The molecule has 1 aliphatic rings. The third kappa shape index (κ3) is 3.70. The third-order valence-electron chi connectivity index (χ3n) is 4.22. The molecule has 0 bridgehead atoms. The van der Waals surface area contributed by atoms with Crippen LogP contribution < -0.4 is 5.56 Å². The molecule has 1 aromatic heterocycles. The number of nitrogens with one attached hydrogen (secondary N) is 1. The molecule has 2 heterocycles. The molecule has 0 unspecified atom stereocenters. The minimum absolute atomic E-state index is 0.00260. The van der Waals surface area contributed by atoms with Crippen molar-refractivity contribution in [1.29, 1.82) is 0 Å². The summed E-state index contributed by atoms with van der Waals surface area (Å²) in [6.07, 6.45) is 3.47. The first-order valence-electron chi connectivity index (χ1n) is 7.86. The van der Waals surface area contributed by atoms with E-state index in [4.69, 9.17) is 4.52 Å². The molecule has 0 radical (unpaired) electrons. The number of hydrogen-bond acceptors (Lipinski definition) is 3. The largest absolute Gasteiger partial charge is 0.384 e. The van der Waals surface area contributed by atoms with Gasteiger partial charge in [0.25, 0.3) is 5.56 Å². The molecule has 1 saturated heterocycles. The lowest BCUT2D eigenvalue weighted by atomic mass is 9.94. The van der Waals surface area contributed by atoms with Crippen molar-refractivity contribution in [2.45, 2.75) is 38.1 Å². The van der Waals surface area contributed by atoms with E-state index in [9.17, 15) is 14.0 Å². The van der Waals surface area contributed by atoms with Crippen LogP contribution in [0.2, 0.25) is 0 Å². The summed E-state index contributed by atoms with van der Waals surface area (Å²) < 4.78 is 18.4. The van der Waals surface area contributed by atoms with Gasteiger partial charge in [0.05, 0.1) is 6.04 Å². The van der Waals surface area contributed by atoms with Crippen molar-refractivity contribution in [3.63, 3.8) is 0 Å². The predicted molar refractivity (Wildman–Crippen MR) is 82.4 cm³/mol. The first-order chi connectivity index (χ1) is 11.1. The van der Waals surface area contributed by atoms with Crippen molar-refractivity contribution in [1.82, 2.24) is 10.1 Å². The third-order valence-corrected chi connectivity index (χ3v) is 4.22. The van der Waals surface area contributed by atoms with Gasteiger partial charge in [0.2, 0.25) is 5.91 Å². The zero-order valence-electron chi connectivity index (χ0n) is 12.8. The highest BCUT2D eigenvalue weighted by Crippen LogP contribution is 2.31. The van der Waals surface area contributed by atoms with Gasteiger partial charge >= 0.3 is 0 Å². The Morgan fingerprint density at radius 1 is 1.35 bits per heavy atom. The van der Waals surface area contributed by atoms with Crippen LogP contribution in [0.15, 0.2) is 39.6 Å². The summed E-state index contributed by atoms with van der Waals surface area (Å²) in [5.74, 6) is 0.194. The van der Waals surface area contributed by atoms with Crippen LogP contribution in [0.4, 0.5) is 4.39 Å². The molecule has 6 heteroatoms. The van der Waals surface area contributed by atoms with Crippen LogP contribution in [0.5, 0.6) is 0 Å². The number of rotatable bonds is 4. The zero-order valence-corrected chi connectivity index (χ0v) is 12.8. The summed E-state index contributed by atoms with van der Waals surface area (Å²) in [5, 5.41) is 2.22. The Bertz CT molecular complexity index is 737. The molecule has 1 amide bonds. The second-order valence-corrected chi connectivity index (χ2v) is 5.83. The fourth-order valence-electron chi connectivity index (χ4n) is 3.11. The Morgan fingerprint density at radius 3 is 2.96 bits per heavy atom. The summed E-state index contributed by atoms with van der Waals surface area (Å²) in [6, 6.07) is 7.73. The topological polar surface area (TPSA) is 66.3 Å². The van der Waals surface area contributed by atoms with E-state index in [0.717, 1.165) is 24.8 Å². The maximum Gasteiger partial charge on any atom is 0.280 e. The molecular formula is C17H19FN2O3. The lowest BCUT2D eigenvalue weighted by Gasteiger charge is -2.36. The predicted octanol–water partition coefficient (Wildman–Crippen LogP) is 2.79. The van der Waals surface area contributed by atoms with Gasteiger partial charge in [-0.2, -0.15) is 5.16 Å². The fourth-order valence-corrected chi connectivity index (χ4v) is 3.11. The number of nitrogens with zero attached hydrogens (tertiary/aromatic N) is 1. The van der Waals surface area contributed by atoms with Gasteiger partial charge in [-0.3, -0.25) is 9.59 Å². The van der Waals surface area contributed by atoms with E-state index in [-0.39, 0.29) is 29.7 Å². The zero-order chi connectivity index (χ0) is 16.2. The summed E-state index contributed by atoms with van der Waals surface area (Å²) in [5.41, 5.74) is 0.536. The van der Waals surface area contributed by atoms with Crippen LogP contribution in [0.1, 0.15) is 43.0 Å². The maximum absolute atomic E-state index is 13.5. The molecule has 122 valence electrons. The molecule has 1 N–H and O–H groups in total. The summed E-state index contributed by atoms with van der Waals surface area (Å²) in [4.78, 5) is 25.4. The lowest BCUT2D eigenvalue weighted by molar-refractivity contribution is -0.135. The molecule has 0 saturated carbocycles. The number of halogens is 1. The lowest BCUT2D eigenvalue weighted by Crippen LogP contribution is -2.38. The highest BCUT2D eigenvalue weighted by atomic mass is 19.1. The van der Waals surface area contributed by atoms with E-state index >= 15 is 0 Å². The molecule has 1 atom stereocenters. The second kappa shape index (κ2) is 6.81. The van der Waals surface area contributed by atoms with Crippen molar-refractivity contribution in [3.05, 3.63) is 57.8 Å². The number of aromatic nitrogens is 1. The number of likely N-dealkylation sites (tertiary alicyclic amines) is 1. The number of carbonyl (C=O) groups excluding carboxylic acids is 1. The number of benzene rings is 1. The fraction of sp³-hybridized carbons (Fsp3) is 0.412. The van der Waals surface area contributed by atoms with Crippen LogP contribution >= 0.6 is 0 Å². The van der Waals surface area contributed by atoms with E-state index in [1.165, 1.54) is 18.2 Å². The van der Waals surface area contributed by atoms with Gasteiger partial charge in [0.1, 0.15) is 11.6 Å². The maximum atomic E-state index is 13.5. The molecule has 1 aliphatic heterocycles. The summed E-state index contributed by atoms with van der Waals surface area (Å²) in [6.45, 7) is 0.678. The van der Waals surface area contributed by atoms with E-state index in [1.54, 1.807) is 6.07 Å². The van der Waals surface area contributed by atoms with Crippen LogP contribution in [0.25, 0.3) is 0 Å². The van der Waals surface area contributed by atoms with E-state index in [0.29, 0.717) is 18.7 Å². The average molecular weight is 318 g/mol. The van der Waals surface area contributed by atoms with E-state index in [2.05, 4.69) is 5.16 Å². The highest BCUT2D eigenvalue weighted by molar-refractivity contribution is 5.77. The number of amides is 1. The number of aryl methyl sites for hydroxylation is 1. The molecule has 2 aromatic rings. The van der Waals surface area contributed by atoms with Crippen molar-refractivity contribution >= 4 is 5.91 Å². The van der Waals surface area contributed by atoms with Crippen LogP contribution in [0.3, 0.4) is 0 Å². The molecule has 0 spiro atoms. The first-order valence-corrected chi connectivity index (χ1v) is 7.86. The van der Waals surface area contributed by atoms with E-state index < -0.39 is 0 Å². The minimum Gasteiger partial charge on any atom is -0.384 e. The van der Waals surface area contributed by atoms with Gasteiger partial charge in [-0.05, 0) is 37.0 Å². The molecule has 23 heavy (non-hydrogen) atoms.